The number of methoxy groups -OCH3 is 1. The van der Waals surface area contributed by atoms with Gasteiger partial charge in [0.15, 0.2) is 0 Å². The molecule has 1 unspecified atom stereocenters. The van der Waals surface area contributed by atoms with Crippen molar-refractivity contribution in [3.8, 4) is 5.75 Å². The van der Waals surface area contributed by atoms with Crippen LogP contribution in [-0.4, -0.2) is 26.9 Å². The van der Waals surface area contributed by atoms with Gasteiger partial charge in [0.1, 0.15) is 5.75 Å². The fourth-order valence-electron chi connectivity index (χ4n) is 2.00. The minimum atomic E-state index is 0.387. The molecule has 1 rings (SSSR count). The summed E-state index contributed by atoms with van der Waals surface area (Å²) < 4.78 is 10.5. The molecule has 0 saturated carbocycles. The van der Waals surface area contributed by atoms with E-state index in [0.717, 1.165) is 25.3 Å². The van der Waals surface area contributed by atoms with Crippen molar-refractivity contribution in [1.29, 1.82) is 0 Å². The molecule has 0 fully saturated rings. The van der Waals surface area contributed by atoms with Gasteiger partial charge in [-0.15, -0.1) is 0 Å². The van der Waals surface area contributed by atoms with E-state index in [4.69, 9.17) is 9.47 Å². The molecule has 0 heterocycles. The van der Waals surface area contributed by atoms with E-state index < -0.39 is 0 Å². The third-order valence-electron chi connectivity index (χ3n) is 3.17. The Balaban J connectivity index is 2.23. The number of rotatable bonds is 10. The third-order valence-corrected chi connectivity index (χ3v) is 3.17. The van der Waals surface area contributed by atoms with Gasteiger partial charge >= 0.3 is 0 Å². The zero-order valence-electron chi connectivity index (χ0n) is 12.4. The molecule has 0 amide bonds. The molecule has 0 aliphatic heterocycles. The molecule has 1 N–H and O–H groups in total. The highest BCUT2D eigenvalue weighted by atomic mass is 16.5. The lowest BCUT2D eigenvalue weighted by Gasteiger charge is -2.14. The molecule has 3 nitrogen and oxygen atoms in total. The van der Waals surface area contributed by atoms with Crippen molar-refractivity contribution in [2.45, 2.75) is 39.2 Å². The van der Waals surface area contributed by atoms with Crippen molar-refractivity contribution in [3.05, 3.63) is 29.8 Å². The second-order valence-corrected chi connectivity index (χ2v) is 4.73. The van der Waals surface area contributed by atoms with Crippen LogP contribution < -0.4 is 10.1 Å². The number of unbranched alkanes of at least 4 members (excludes halogenated alkanes) is 2. The summed E-state index contributed by atoms with van der Waals surface area (Å²) >= 11 is 0. The Kier molecular flexibility index (Phi) is 8.26. The molecule has 0 saturated heterocycles. The Morgan fingerprint density at radius 1 is 1.11 bits per heavy atom. The van der Waals surface area contributed by atoms with E-state index in [9.17, 15) is 0 Å². The maximum atomic E-state index is 5.44. The van der Waals surface area contributed by atoms with Crippen LogP contribution >= 0.6 is 0 Å². The van der Waals surface area contributed by atoms with Crippen LogP contribution in [-0.2, 0) is 4.74 Å². The summed E-state index contributed by atoms with van der Waals surface area (Å²) in [6, 6.07) is 8.73. The standard InChI is InChI=1S/C16H27NO2/c1-4-19-16-10-8-15(9-11-16)14(2)17-12-6-5-7-13-18-3/h8-11,14,17H,4-7,12-13H2,1-3H3. The number of ether oxygens (including phenoxy) is 2. The Labute approximate surface area is 117 Å². The van der Waals surface area contributed by atoms with Crippen LogP contribution in [0.25, 0.3) is 0 Å². The molecule has 1 aromatic rings. The zero-order valence-corrected chi connectivity index (χ0v) is 12.4. The van der Waals surface area contributed by atoms with Crippen LogP contribution in [0.1, 0.15) is 44.7 Å². The Morgan fingerprint density at radius 2 is 1.84 bits per heavy atom. The second kappa shape index (κ2) is 9.82. The van der Waals surface area contributed by atoms with E-state index in [1.54, 1.807) is 7.11 Å². The van der Waals surface area contributed by atoms with E-state index in [2.05, 4.69) is 24.4 Å². The van der Waals surface area contributed by atoms with Gasteiger partial charge in [-0.1, -0.05) is 12.1 Å². The maximum Gasteiger partial charge on any atom is 0.119 e. The Bertz CT molecular complexity index is 324. The van der Waals surface area contributed by atoms with Crippen molar-refractivity contribution >= 4 is 0 Å². The predicted octanol–water partition coefficient (Wildman–Crippen LogP) is 3.55. The van der Waals surface area contributed by atoms with Crippen molar-refractivity contribution in [1.82, 2.24) is 5.32 Å². The van der Waals surface area contributed by atoms with E-state index in [1.807, 2.05) is 19.1 Å². The van der Waals surface area contributed by atoms with Gasteiger partial charge in [0.05, 0.1) is 6.61 Å². The number of hydrogen-bond donors (Lipinski definition) is 1. The normalized spacial score (nSPS) is 12.4. The average molecular weight is 265 g/mol. The van der Waals surface area contributed by atoms with Gasteiger partial charge in [0.25, 0.3) is 0 Å². The molecule has 1 atom stereocenters. The first-order valence-electron chi connectivity index (χ1n) is 7.23. The van der Waals surface area contributed by atoms with Crippen molar-refractivity contribution in [2.24, 2.45) is 0 Å². The van der Waals surface area contributed by atoms with Gasteiger partial charge in [0.2, 0.25) is 0 Å². The molecule has 0 aliphatic carbocycles. The molecule has 0 aromatic heterocycles. The van der Waals surface area contributed by atoms with Crippen LogP contribution in [0.15, 0.2) is 24.3 Å². The van der Waals surface area contributed by atoms with E-state index in [0.29, 0.717) is 12.6 Å². The smallest absolute Gasteiger partial charge is 0.119 e. The van der Waals surface area contributed by atoms with E-state index >= 15 is 0 Å². The summed E-state index contributed by atoms with van der Waals surface area (Å²) in [7, 11) is 1.76. The third kappa shape index (κ3) is 6.60. The molecule has 19 heavy (non-hydrogen) atoms. The van der Waals surface area contributed by atoms with E-state index in [-0.39, 0.29) is 0 Å². The monoisotopic (exact) mass is 265 g/mol. The molecule has 0 radical (unpaired) electrons. The van der Waals surface area contributed by atoms with Crippen LogP contribution in [0.3, 0.4) is 0 Å². The summed E-state index contributed by atoms with van der Waals surface area (Å²) in [6.45, 7) is 6.84. The fourth-order valence-corrected chi connectivity index (χ4v) is 2.00. The zero-order chi connectivity index (χ0) is 13.9. The van der Waals surface area contributed by atoms with Crippen LogP contribution in [0, 0.1) is 0 Å². The highest BCUT2D eigenvalue weighted by Gasteiger charge is 2.04. The fraction of sp³-hybridized carbons (Fsp3) is 0.625. The molecule has 0 aliphatic rings. The number of nitrogens with one attached hydrogen (secondary N) is 1. The lowest BCUT2D eigenvalue weighted by Crippen LogP contribution is -2.19. The van der Waals surface area contributed by atoms with Crippen LogP contribution in [0.5, 0.6) is 5.75 Å². The number of benzene rings is 1. The largest absolute Gasteiger partial charge is 0.494 e. The van der Waals surface area contributed by atoms with Crippen LogP contribution in [0.2, 0.25) is 0 Å². The number of hydrogen-bond acceptors (Lipinski definition) is 3. The maximum absolute atomic E-state index is 5.44. The molecule has 108 valence electrons. The summed E-state index contributed by atoms with van der Waals surface area (Å²) in [6.07, 6.45) is 3.57. The molecule has 3 heteroatoms. The Hall–Kier alpha value is -1.06. The van der Waals surface area contributed by atoms with Gasteiger partial charge in [0, 0.05) is 19.8 Å². The summed E-state index contributed by atoms with van der Waals surface area (Å²) in [4.78, 5) is 0. The summed E-state index contributed by atoms with van der Waals surface area (Å²) in [5.41, 5.74) is 1.31. The lowest BCUT2D eigenvalue weighted by atomic mass is 10.1. The second-order valence-electron chi connectivity index (χ2n) is 4.73. The highest BCUT2D eigenvalue weighted by molar-refractivity contribution is 5.28. The predicted molar refractivity (Wildman–Crippen MR) is 79.8 cm³/mol. The average Bonchev–Trinajstić information content (AvgIpc) is 2.43. The van der Waals surface area contributed by atoms with Gasteiger partial charge in [-0.3, -0.25) is 0 Å². The molecule has 0 bridgehead atoms. The van der Waals surface area contributed by atoms with Gasteiger partial charge in [-0.2, -0.15) is 0 Å². The topological polar surface area (TPSA) is 30.5 Å². The van der Waals surface area contributed by atoms with Crippen molar-refractivity contribution in [3.63, 3.8) is 0 Å². The van der Waals surface area contributed by atoms with Crippen molar-refractivity contribution < 1.29 is 9.47 Å². The van der Waals surface area contributed by atoms with Gasteiger partial charge < -0.3 is 14.8 Å². The first-order valence-corrected chi connectivity index (χ1v) is 7.23. The van der Waals surface area contributed by atoms with Crippen LogP contribution in [0.4, 0.5) is 0 Å². The lowest BCUT2D eigenvalue weighted by molar-refractivity contribution is 0.192. The molecular weight excluding hydrogens is 238 g/mol. The Morgan fingerprint density at radius 3 is 2.47 bits per heavy atom. The quantitative estimate of drug-likeness (QED) is 0.656. The molecular formula is C16H27NO2. The molecule has 1 aromatic carbocycles. The minimum absolute atomic E-state index is 0.387. The van der Waals surface area contributed by atoms with Crippen molar-refractivity contribution in [2.75, 3.05) is 26.9 Å². The minimum Gasteiger partial charge on any atom is -0.494 e. The van der Waals surface area contributed by atoms with Gasteiger partial charge in [-0.05, 0) is 57.4 Å². The summed E-state index contributed by atoms with van der Waals surface area (Å²) in [5.74, 6) is 0.943. The van der Waals surface area contributed by atoms with E-state index in [1.165, 1.54) is 18.4 Å². The first kappa shape index (κ1) is 16.0. The summed E-state index contributed by atoms with van der Waals surface area (Å²) in [5, 5.41) is 3.55. The SMILES string of the molecule is CCOc1ccc(C(C)NCCCCCOC)cc1. The highest BCUT2D eigenvalue weighted by Crippen LogP contribution is 2.17. The molecule has 0 spiro atoms. The van der Waals surface area contributed by atoms with Gasteiger partial charge in [-0.25, -0.2) is 0 Å². The first-order chi connectivity index (χ1) is 9.27.